The predicted molar refractivity (Wildman–Crippen MR) is 321 cm³/mol. The van der Waals surface area contributed by atoms with Crippen molar-refractivity contribution in [3.05, 3.63) is 194 Å². The maximum atomic E-state index is 10.1. The van der Waals surface area contributed by atoms with Crippen LogP contribution in [0.25, 0.3) is 67.5 Å². The van der Waals surface area contributed by atoms with E-state index in [1.165, 1.54) is 0 Å². The van der Waals surface area contributed by atoms with Crippen LogP contribution in [0.15, 0.2) is 194 Å². The van der Waals surface area contributed by atoms with E-state index in [1.807, 2.05) is 122 Å². The van der Waals surface area contributed by atoms with E-state index in [2.05, 4.69) is 82.8 Å². The summed E-state index contributed by atoms with van der Waals surface area (Å²) < 4.78 is 0. The van der Waals surface area contributed by atoms with Gasteiger partial charge in [0.15, 0.2) is 41.3 Å². The molecule has 0 bridgehead atoms. The quantitative estimate of drug-likeness (QED) is 0.0554. The second kappa shape index (κ2) is 43.0. The number of nitrogens with zero attached hydrogens (tertiary/aromatic N) is 2. The van der Waals surface area contributed by atoms with Gasteiger partial charge in [0, 0.05) is 33.4 Å². The van der Waals surface area contributed by atoms with E-state index < -0.39 is 120 Å². The molecule has 94 heavy (non-hydrogen) atoms. The van der Waals surface area contributed by atoms with Crippen molar-refractivity contribution >= 4 is 87.7 Å². The SMILES string of the molecule is CC(=O)CC(=O)C(=O)[O-].CC(=O)CC(=O)C(=O)[O-].CC(=O)CC(=O)C(=O)[O-].CC(=O)CC(=O)C(=O)[O-].CC(=O)CC(=O)C(=O)[O-].[Ru+3].c1ccc(-c2c[nH+]c(-c3ccccc3)c(-c3ccccc3)n2)cc1.c1ccc(-c2c[nH+]c(-c3ccccc3)c(-c3ccccc3)n2)cc1. The molecule has 8 rings (SSSR count). The van der Waals surface area contributed by atoms with Crippen molar-refractivity contribution in [3.8, 4) is 67.5 Å². The molecule has 25 heteroatoms. The zero-order valence-corrected chi connectivity index (χ0v) is 52.7. The Morgan fingerprint density at radius 2 is 0.447 bits per heavy atom. The van der Waals surface area contributed by atoms with Crippen molar-refractivity contribution in [1.82, 2.24) is 9.97 Å². The monoisotopic (exact) mass is 1370 g/mol. The maximum Gasteiger partial charge on any atom is 3.00 e. The van der Waals surface area contributed by atoms with Gasteiger partial charge in [-0.25, -0.2) is 19.9 Å². The largest absolute Gasteiger partial charge is 3.00 e. The van der Waals surface area contributed by atoms with E-state index in [1.54, 1.807) is 0 Å². The number of carbonyl (C=O) groups excluding carboxylic acids is 15. The third-order valence-electron chi connectivity index (χ3n) is 11.2. The summed E-state index contributed by atoms with van der Waals surface area (Å²) in [6.07, 6.45) is 1.12. The average molecular weight is 1370 g/mol. The minimum Gasteiger partial charge on any atom is -0.542 e. The van der Waals surface area contributed by atoms with E-state index in [4.69, 9.17) is 9.97 Å². The van der Waals surface area contributed by atoms with Crippen molar-refractivity contribution in [3.63, 3.8) is 0 Å². The van der Waals surface area contributed by atoms with Gasteiger partial charge in [0.05, 0.1) is 32.1 Å². The van der Waals surface area contributed by atoms with Gasteiger partial charge in [-0.1, -0.05) is 158 Å². The molecule has 0 saturated carbocycles. The molecule has 0 aliphatic rings. The molecule has 2 N–H and O–H groups in total. The zero-order chi connectivity index (χ0) is 69.6. The van der Waals surface area contributed by atoms with Crippen molar-refractivity contribution in [2.45, 2.75) is 66.7 Å². The van der Waals surface area contributed by atoms with E-state index in [0.717, 1.165) is 102 Å². The average Bonchev–Trinajstić information content (AvgIpc) is 0.834. The summed E-state index contributed by atoms with van der Waals surface area (Å²) in [6, 6.07) is 61.7. The van der Waals surface area contributed by atoms with Crippen LogP contribution in [-0.4, -0.2) is 97.6 Å². The fourth-order valence-electron chi connectivity index (χ4n) is 7.10. The Morgan fingerprint density at radius 1 is 0.277 bits per heavy atom. The topological polar surface area (TPSA) is 425 Å². The van der Waals surface area contributed by atoms with Crippen LogP contribution in [0.5, 0.6) is 0 Å². The third kappa shape index (κ3) is 31.6. The number of carboxylic acid groups (broad SMARTS) is 5. The van der Waals surface area contributed by atoms with Gasteiger partial charge in [-0.2, -0.15) is 0 Å². The number of nitrogens with one attached hydrogen (secondary N) is 2. The molecule has 8 aromatic rings. The molecule has 0 spiro atoms. The summed E-state index contributed by atoms with van der Waals surface area (Å²) in [7, 11) is 0. The van der Waals surface area contributed by atoms with Crippen LogP contribution in [0.1, 0.15) is 66.7 Å². The van der Waals surface area contributed by atoms with Gasteiger partial charge in [0.2, 0.25) is 11.4 Å². The fraction of sp³-hybridized carbons (Fsp3) is 0.145. The number of H-pyrrole nitrogens is 2. The van der Waals surface area contributed by atoms with Gasteiger partial charge >= 0.3 is 19.5 Å². The van der Waals surface area contributed by atoms with Crippen molar-refractivity contribution in [1.29, 1.82) is 0 Å². The number of benzene rings is 6. The molecular formula is C69H59N4O20Ru. The van der Waals surface area contributed by atoms with Crippen LogP contribution in [0, 0.1) is 0 Å². The molecule has 0 atom stereocenters. The number of carbonyl (C=O) groups is 15. The Labute approximate surface area is 550 Å². The van der Waals surface area contributed by atoms with E-state index in [-0.39, 0.29) is 19.5 Å². The molecule has 0 aliphatic carbocycles. The number of rotatable bonds is 21. The maximum absolute atomic E-state index is 10.1. The van der Waals surface area contributed by atoms with Gasteiger partial charge < -0.3 is 49.5 Å². The summed E-state index contributed by atoms with van der Waals surface area (Å²) in [5, 5.41) is 48.1. The third-order valence-corrected chi connectivity index (χ3v) is 11.2. The number of aromatic nitrogens is 4. The Kier molecular flexibility index (Phi) is 36.6. The molecule has 483 valence electrons. The number of aromatic amines is 2. The van der Waals surface area contributed by atoms with E-state index in [0.29, 0.717) is 0 Å². The van der Waals surface area contributed by atoms with Crippen LogP contribution in [-0.2, 0) is 91.4 Å². The first kappa shape index (κ1) is 80.2. The number of ketones is 10. The molecule has 0 amide bonds. The molecule has 0 fully saturated rings. The van der Waals surface area contributed by atoms with Gasteiger partial charge in [0.1, 0.15) is 81.5 Å². The minimum atomic E-state index is -1.80. The first-order valence-corrected chi connectivity index (χ1v) is 27.4. The first-order valence-electron chi connectivity index (χ1n) is 27.4. The van der Waals surface area contributed by atoms with Crippen molar-refractivity contribution in [2.24, 2.45) is 0 Å². The number of hydrogen-bond donors (Lipinski definition) is 0. The summed E-state index contributed by atoms with van der Waals surface area (Å²) in [5.41, 5.74) is 12.5. The van der Waals surface area contributed by atoms with Crippen LogP contribution < -0.4 is 35.5 Å². The van der Waals surface area contributed by atoms with Gasteiger partial charge in [-0.3, -0.25) is 47.9 Å². The number of aliphatic carboxylic acids is 5. The van der Waals surface area contributed by atoms with Gasteiger partial charge in [-0.15, -0.1) is 0 Å². The number of carboxylic acids is 5. The number of Topliss-reactive ketones (excluding diaryl/α,β-unsaturated/α-hetero) is 10. The Morgan fingerprint density at radius 3 is 0.606 bits per heavy atom. The van der Waals surface area contributed by atoms with Crippen LogP contribution >= 0.6 is 0 Å². The smallest absolute Gasteiger partial charge is 0.542 e. The van der Waals surface area contributed by atoms with E-state index >= 15 is 0 Å². The Hall–Kier alpha value is -11.8. The molecule has 2 aromatic heterocycles. The van der Waals surface area contributed by atoms with Crippen molar-refractivity contribution < 1.29 is 127 Å². The molecule has 6 aromatic carbocycles. The molecule has 1 radical (unpaired) electrons. The summed E-state index contributed by atoms with van der Waals surface area (Å²) >= 11 is 0. The summed E-state index contributed by atoms with van der Waals surface area (Å²) in [6.45, 7) is 5.70. The molecule has 0 unspecified atom stereocenters. The van der Waals surface area contributed by atoms with Crippen molar-refractivity contribution in [2.75, 3.05) is 0 Å². The summed E-state index contributed by atoms with van der Waals surface area (Å²) in [4.78, 5) is 166. The van der Waals surface area contributed by atoms with Crippen LogP contribution in [0.3, 0.4) is 0 Å². The van der Waals surface area contributed by atoms with Crippen LogP contribution in [0.4, 0.5) is 0 Å². The predicted octanol–water partition coefficient (Wildman–Crippen LogP) is 1.21. The van der Waals surface area contributed by atoms with Gasteiger partial charge in [-0.05, 0) is 58.9 Å². The Balaban J connectivity index is 0.000000584. The first-order chi connectivity index (χ1) is 44.0. The zero-order valence-electron chi connectivity index (χ0n) is 50.9. The minimum absolute atomic E-state index is 0. The normalized spacial score (nSPS) is 9.46. The number of hydrogen-bond acceptors (Lipinski definition) is 22. The second-order valence-corrected chi connectivity index (χ2v) is 19.2. The fourth-order valence-corrected chi connectivity index (χ4v) is 7.10. The molecule has 24 nitrogen and oxygen atoms in total. The second-order valence-electron chi connectivity index (χ2n) is 19.2. The molecule has 2 heterocycles. The molecular weight excluding hydrogens is 1310 g/mol. The molecule has 0 saturated heterocycles. The molecule has 0 aliphatic heterocycles. The van der Waals surface area contributed by atoms with Crippen LogP contribution in [0.2, 0.25) is 0 Å². The standard InChI is InChI=1S/2C22H16N2.5C5H6O4.Ru/c2*1-4-10-17(11-5-1)20-16-23-21(18-12-6-2-7-13-18)22(24-20)19-14-8-3-9-15-19;5*1-3(6)2-4(7)5(8)9;/h2*1-16H;5*2H2,1H3,(H,8,9);/q;;;;;;;+3/p-3. The van der Waals surface area contributed by atoms with Gasteiger partial charge in [0.25, 0.3) is 0 Å². The Bertz CT molecular complexity index is 3570. The summed E-state index contributed by atoms with van der Waals surface area (Å²) in [5.74, 6) is -17.2. The van der Waals surface area contributed by atoms with E-state index in [9.17, 15) is 97.5 Å².